The third-order valence-corrected chi connectivity index (χ3v) is 6.60. The third kappa shape index (κ3) is 7.02. The summed E-state index contributed by atoms with van der Waals surface area (Å²) in [6, 6.07) is 12.7. The van der Waals surface area contributed by atoms with Crippen LogP contribution in [0.1, 0.15) is 58.8 Å². The molecular weight excluding hydrogens is 524 g/mol. The number of fused-ring (bicyclic) bond motifs is 1. The maximum Gasteiger partial charge on any atom is 0.326 e. The minimum absolute atomic E-state index is 0.109. The van der Waals surface area contributed by atoms with E-state index in [0.29, 0.717) is 35.6 Å². The van der Waals surface area contributed by atoms with E-state index in [9.17, 15) is 19.5 Å². The van der Waals surface area contributed by atoms with Crippen molar-refractivity contribution < 1.29 is 29.0 Å². The standard InChI is InChI=1S/C31H34N4O6/c1-19(2)16-25(31(38)39)33-29(36)20-10-13-22(14-11-20)32-30(37)24-18-23-8-6-5-7-9-26(35(23)34-24)21-12-15-27(40-3)28(17-21)41-4/h5,7,9-15,17-19,25H,6,8,16H2,1-4H3,(H,32,37)(H,33,36)(H,38,39)/b7-5-,26-9-/t25-/m0/s1. The molecule has 0 aliphatic carbocycles. The molecule has 0 bridgehead atoms. The minimum Gasteiger partial charge on any atom is -0.493 e. The Morgan fingerprint density at radius 2 is 1.73 bits per heavy atom. The van der Waals surface area contributed by atoms with Gasteiger partial charge in [-0.3, -0.25) is 9.59 Å². The van der Waals surface area contributed by atoms with Gasteiger partial charge in [-0.25, -0.2) is 9.48 Å². The van der Waals surface area contributed by atoms with Crippen LogP contribution in [0.4, 0.5) is 5.69 Å². The van der Waals surface area contributed by atoms with Crippen LogP contribution in [0.25, 0.3) is 5.70 Å². The Hall–Kier alpha value is -4.86. The summed E-state index contributed by atoms with van der Waals surface area (Å²) in [7, 11) is 3.16. The van der Waals surface area contributed by atoms with Crippen molar-refractivity contribution in [3.8, 4) is 11.5 Å². The zero-order valence-corrected chi connectivity index (χ0v) is 23.5. The predicted molar refractivity (Wildman–Crippen MR) is 155 cm³/mol. The van der Waals surface area contributed by atoms with Crippen molar-refractivity contribution >= 4 is 29.2 Å². The zero-order chi connectivity index (χ0) is 29.5. The summed E-state index contributed by atoms with van der Waals surface area (Å²) in [6.07, 6.45) is 7.79. The number of rotatable bonds is 10. The monoisotopic (exact) mass is 558 g/mol. The molecule has 2 heterocycles. The van der Waals surface area contributed by atoms with E-state index in [-0.39, 0.29) is 11.6 Å². The van der Waals surface area contributed by atoms with Crippen LogP contribution in [0.3, 0.4) is 0 Å². The van der Waals surface area contributed by atoms with E-state index in [1.165, 1.54) is 12.1 Å². The van der Waals surface area contributed by atoms with Gasteiger partial charge in [-0.1, -0.05) is 26.0 Å². The number of methoxy groups -OCH3 is 2. The molecule has 1 aromatic heterocycles. The lowest BCUT2D eigenvalue weighted by Gasteiger charge is -2.16. The Labute approximate surface area is 238 Å². The molecule has 0 saturated heterocycles. The Bertz CT molecular complexity index is 1490. The lowest BCUT2D eigenvalue weighted by molar-refractivity contribution is -0.139. The summed E-state index contributed by atoms with van der Waals surface area (Å²) in [5.41, 5.74) is 3.51. The Morgan fingerprint density at radius 1 is 1.00 bits per heavy atom. The summed E-state index contributed by atoms with van der Waals surface area (Å²) < 4.78 is 12.6. The van der Waals surface area contributed by atoms with Crippen LogP contribution in [0, 0.1) is 5.92 Å². The van der Waals surface area contributed by atoms with Crippen molar-refractivity contribution in [1.82, 2.24) is 15.1 Å². The molecule has 0 radical (unpaired) electrons. The van der Waals surface area contributed by atoms with Crippen molar-refractivity contribution in [2.45, 2.75) is 39.2 Å². The maximum absolute atomic E-state index is 13.2. The lowest BCUT2D eigenvalue weighted by Crippen LogP contribution is -2.41. The normalized spacial score (nSPS) is 15.4. The molecule has 10 heteroatoms. The summed E-state index contributed by atoms with van der Waals surface area (Å²) in [6.45, 7) is 3.78. The van der Waals surface area contributed by atoms with Gasteiger partial charge in [0.05, 0.1) is 19.9 Å². The molecule has 1 atom stereocenters. The van der Waals surface area contributed by atoms with Gasteiger partial charge in [0.2, 0.25) is 0 Å². The highest BCUT2D eigenvalue weighted by molar-refractivity contribution is 6.03. The second kappa shape index (κ2) is 13.0. The molecule has 2 aromatic carbocycles. The fraction of sp³-hybridized carbons (Fsp3) is 0.290. The molecule has 3 aromatic rings. The second-order valence-corrected chi connectivity index (χ2v) is 10.0. The number of carbonyl (C=O) groups is 3. The molecule has 0 fully saturated rings. The van der Waals surface area contributed by atoms with E-state index in [0.717, 1.165) is 23.4 Å². The Balaban J connectivity index is 1.51. The maximum atomic E-state index is 13.2. The molecule has 0 unspecified atom stereocenters. The first-order valence-corrected chi connectivity index (χ1v) is 13.3. The first-order valence-electron chi connectivity index (χ1n) is 13.3. The highest BCUT2D eigenvalue weighted by Crippen LogP contribution is 2.32. The number of carboxylic acid groups (broad SMARTS) is 1. The van der Waals surface area contributed by atoms with Gasteiger partial charge in [0.15, 0.2) is 17.2 Å². The summed E-state index contributed by atoms with van der Waals surface area (Å²) in [5, 5.41) is 19.4. The molecule has 0 spiro atoms. The zero-order valence-electron chi connectivity index (χ0n) is 23.5. The number of hydrogen-bond acceptors (Lipinski definition) is 6. The van der Waals surface area contributed by atoms with Crippen molar-refractivity contribution in [2.75, 3.05) is 19.5 Å². The van der Waals surface area contributed by atoms with Crippen molar-refractivity contribution in [3.05, 3.63) is 89.3 Å². The van der Waals surface area contributed by atoms with Gasteiger partial charge >= 0.3 is 5.97 Å². The van der Waals surface area contributed by atoms with E-state index in [2.05, 4.69) is 21.8 Å². The fourth-order valence-corrected chi connectivity index (χ4v) is 4.52. The molecule has 10 nitrogen and oxygen atoms in total. The van der Waals surface area contributed by atoms with Gasteiger partial charge in [-0.15, -0.1) is 0 Å². The third-order valence-electron chi connectivity index (χ3n) is 6.60. The van der Waals surface area contributed by atoms with Crippen LogP contribution in [-0.4, -0.2) is 52.9 Å². The average Bonchev–Trinajstić information content (AvgIpc) is 3.35. The van der Waals surface area contributed by atoms with E-state index in [1.807, 2.05) is 44.2 Å². The molecule has 3 N–H and O–H groups in total. The van der Waals surface area contributed by atoms with Gasteiger partial charge in [0.1, 0.15) is 6.04 Å². The van der Waals surface area contributed by atoms with Gasteiger partial charge in [-0.2, -0.15) is 5.10 Å². The predicted octanol–water partition coefficient (Wildman–Crippen LogP) is 4.77. The number of nitrogens with one attached hydrogen (secondary N) is 2. The smallest absolute Gasteiger partial charge is 0.326 e. The van der Waals surface area contributed by atoms with Crippen LogP contribution in [-0.2, 0) is 11.2 Å². The molecule has 0 saturated carbocycles. The van der Waals surface area contributed by atoms with Crippen LogP contribution in [0.15, 0.2) is 66.8 Å². The number of allylic oxidation sites excluding steroid dienone is 3. The molecular formula is C31H34N4O6. The minimum atomic E-state index is -1.08. The number of ether oxygens (including phenoxy) is 2. The number of aryl methyl sites for hydroxylation is 1. The highest BCUT2D eigenvalue weighted by Gasteiger charge is 2.22. The summed E-state index contributed by atoms with van der Waals surface area (Å²) in [4.78, 5) is 37.2. The van der Waals surface area contributed by atoms with Crippen LogP contribution >= 0.6 is 0 Å². The van der Waals surface area contributed by atoms with Crippen molar-refractivity contribution in [2.24, 2.45) is 5.92 Å². The molecule has 41 heavy (non-hydrogen) atoms. The SMILES string of the molecule is COc1ccc(/C2=C/C=C\CCc3cc(C(=O)Nc4ccc(C(=O)N[C@@H](CC(C)C)C(=O)O)cc4)nn32)cc1OC. The topological polar surface area (TPSA) is 132 Å². The average molecular weight is 559 g/mol. The number of hydrogen-bond donors (Lipinski definition) is 3. The second-order valence-electron chi connectivity index (χ2n) is 10.0. The molecule has 2 amide bonds. The van der Waals surface area contributed by atoms with Crippen LogP contribution in [0.2, 0.25) is 0 Å². The van der Waals surface area contributed by atoms with Crippen LogP contribution < -0.4 is 20.1 Å². The largest absolute Gasteiger partial charge is 0.493 e. The Morgan fingerprint density at radius 3 is 2.39 bits per heavy atom. The van der Waals surface area contributed by atoms with Gasteiger partial charge in [-0.05, 0) is 79.8 Å². The van der Waals surface area contributed by atoms with Crippen LogP contribution in [0.5, 0.6) is 11.5 Å². The molecule has 214 valence electrons. The summed E-state index contributed by atoms with van der Waals surface area (Å²) in [5.74, 6) is -0.668. The number of anilines is 1. The fourth-order valence-electron chi connectivity index (χ4n) is 4.52. The quantitative estimate of drug-likeness (QED) is 0.327. The van der Waals surface area contributed by atoms with Crippen molar-refractivity contribution in [3.63, 3.8) is 0 Å². The van der Waals surface area contributed by atoms with Crippen molar-refractivity contribution in [1.29, 1.82) is 0 Å². The van der Waals surface area contributed by atoms with E-state index in [1.54, 1.807) is 37.1 Å². The van der Waals surface area contributed by atoms with E-state index >= 15 is 0 Å². The number of carbonyl (C=O) groups excluding carboxylic acids is 2. The number of nitrogens with zero attached hydrogens (tertiary/aromatic N) is 2. The van der Waals surface area contributed by atoms with E-state index in [4.69, 9.17) is 9.47 Å². The number of amides is 2. The highest BCUT2D eigenvalue weighted by atomic mass is 16.5. The first-order chi connectivity index (χ1) is 19.7. The summed E-state index contributed by atoms with van der Waals surface area (Å²) >= 11 is 0. The first kappa shape index (κ1) is 29.1. The number of benzene rings is 2. The Kier molecular flexibility index (Phi) is 9.23. The van der Waals surface area contributed by atoms with Gasteiger partial charge in [0, 0.05) is 22.5 Å². The molecule has 4 rings (SSSR count). The number of aliphatic carboxylic acids is 1. The van der Waals surface area contributed by atoms with Gasteiger partial charge < -0.3 is 25.2 Å². The number of aromatic nitrogens is 2. The molecule has 1 aliphatic rings. The molecule has 1 aliphatic heterocycles. The van der Waals surface area contributed by atoms with E-state index < -0.39 is 23.8 Å². The lowest BCUT2D eigenvalue weighted by atomic mass is 10.0. The van der Waals surface area contributed by atoms with Gasteiger partial charge in [0.25, 0.3) is 11.8 Å². The number of carboxylic acids is 1.